The van der Waals surface area contributed by atoms with E-state index in [2.05, 4.69) is 20.8 Å². The smallest absolute Gasteiger partial charge is 0.252 e. The quantitative estimate of drug-likeness (QED) is 0.833. The minimum absolute atomic E-state index is 0.143. The molecule has 0 radical (unpaired) electrons. The average molecular weight is 342 g/mol. The molecular weight excluding hydrogens is 324 g/mol. The third-order valence-corrected chi connectivity index (χ3v) is 4.26. The Bertz CT molecular complexity index is 772. The number of ether oxygens (including phenoxy) is 1. The molecule has 1 saturated carbocycles. The van der Waals surface area contributed by atoms with Crippen molar-refractivity contribution in [1.29, 1.82) is 0 Å². The van der Waals surface area contributed by atoms with Crippen molar-refractivity contribution >= 4 is 11.8 Å². The number of aromatic nitrogens is 2. The van der Waals surface area contributed by atoms with Crippen molar-refractivity contribution in [2.45, 2.75) is 37.5 Å². The molecule has 0 spiro atoms. The zero-order valence-electron chi connectivity index (χ0n) is 13.5. The molecule has 1 saturated heterocycles. The summed E-state index contributed by atoms with van der Waals surface area (Å²) in [6, 6.07) is 8.74. The molecule has 2 aliphatic rings. The zero-order chi connectivity index (χ0) is 17.2. The maximum absolute atomic E-state index is 12.5. The molecule has 8 nitrogen and oxygen atoms in total. The van der Waals surface area contributed by atoms with Crippen LogP contribution in [0.4, 0.5) is 0 Å². The Morgan fingerprint density at radius 1 is 1.28 bits per heavy atom. The Balaban J connectivity index is 1.42. The lowest BCUT2D eigenvalue weighted by Crippen LogP contribution is -2.52. The Labute approximate surface area is 143 Å². The lowest BCUT2D eigenvalue weighted by molar-refractivity contribution is -0.148. The fraction of sp³-hybridized carbons (Fsp3) is 0.412. The summed E-state index contributed by atoms with van der Waals surface area (Å²) in [5.41, 5.74) is 0.811. The van der Waals surface area contributed by atoms with Gasteiger partial charge in [0.2, 0.25) is 11.8 Å². The van der Waals surface area contributed by atoms with Crippen molar-refractivity contribution in [2.24, 2.45) is 0 Å². The molecule has 8 heteroatoms. The molecule has 1 aromatic heterocycles. The second-order valence-corrected chi connectivity index (χ2v) is 6.23. The van der Waals surface area contributed by atoms with Gasteiger partial charge in [0.25, 0.3) is 5.91 Å². The fourth-order valence-electron chi connectivity index (χ4n) is 2.80. The molecule has 1 aromatic carbocycles. The summed E-state index contributed by atoms with van der Waals surface area (Å²) < 4.78 is 10.6. The number of hydrogen-bond donors (Lipinski definition) is 2. The van der Waals surface area contributed by atoms with Gasteiger partial charge >= 0.3 is 0 Å². The molecule has 2 heterocycles. The number of rotatable bonds is 5. The normalized spacial score (nSPS) is 23.1. The van der Waals surface area contributed by atoms with E-state index in [0.29, 0.717) is 17.6 Å². The first-order chi connectivity index (χ1) is 12.2. The largest absolute Gasteiger partial charge is 0.356 e. The summed E-state index contributed by atoms with van der Waals surface area (Å²) >= 11 is 0. The molecule has 0 unspecified atom stereocenters. The number of carbonyl (C=O) groups is 2. The summed E-state index contributed by atoms with van der Waals surface area (Å²) in [5, 5.41) is 9.44. The molecule has 4 rings (SSSR count). The van der Waals surface area contributed by atoms with Gasteiger partial charge in [-0.05, 0) is 18.4 Å². The van der Waals surface area contributed by atoms with Gasteiger partial charge < -0.3 is 19.9 Å². The van der Waals surface area contributed by atoms with Crippen LogP contribution in [0.25, 0.3) is 0 Å². The predicted octanol–water partition coefficient (Wildman–Crippen LogP) is 0.819. The number of nitrogens with one attached hydrogen (secondary N) is 2. The van der Waals surface area contributed by atoms with E-state index in [1.54, 1.807) is 0 Å². The SMILES string of the molecule is O=C1CO[C@H](C(=O)NCc2noc(C3CC3)n2)[C@@H](c2ccccc2)N1. The molecule has 2 N–H and O–H groups in total. The van der Waals surface area contributed by atoms with E-state index in [-0.39, 0.29) is 25.0 Å². The Hall–Kier alpha value is -2.74. The summed E-state index contributed by atoms with van der Waals surface area (Å²) in [7, 11) is 0. The molecule has 1 aliphatic carbocycles. The van der Waals surface area contributed by atoms with E-state index in [4.69, 9.17) is 9.26 Å². The minimum atomic E-state index is -0.810. The van der Waals surface area contributed by atoms with Crippen LogP contribution in [0.1, 0.15) is 42.1 Å². The maximum Gasteiger partial charge on any atom is 0.252 e. The van der Waals surface area contributed by atoms with E-state index >= 15 is 0 Å². The third-order valence-electron chi connectivity index (χ3n) is 4.26. The van der Waals surface area contributed by atoms with Gasteiger partial charge in [-0.2, -0.15) is 4.98 Å². The van der Waals surface area contributed by atoms with Gasteiger partial charge in [-0.3, -0.25) is 9.59 Å². The molecule has 2 amide bonds. The minimum Gasteiger partial charge on any atom is -0.356 e. The molecular formula is C17H18N4O4. The van der Waals surface area contributed by atoms with Gasteiger partial charge in [-0.1, -0.05) is 35.5 Å². The highest BCUT2D eigenvalue weighted by atomic mass is 16.5. The highest BCUT2D eigenvalue weighted by Crippen LogP contribution is 2.38. The number of morpholine rings is 1. The molecule has 25 heavy (non-hydrogen) atoms. The second kappa shape index (κ2) is 6.64. The first-order valence-electron chi connectivity index (χ1n) is 8.27. The number of hydrogen-bond acceptors (Lipinski definition) is 6. The Morgan fingerprint density at radius 3 is 2.84 bits per heavy atom. The van der Waals surface area contributed by atoms with Gasteiger partial charge in [0.1, 0.15) is 6.61 Å². The lowest BCUT2D eigenvalue weighted by atomic mass is 9.99. The summed E-state index contributed by atoms with van der Waals surface area (Å²) in [5.74, 6) is 0.868. The van der Waals surface area contributed by atoms with Gasteiger partial charge in [-0.25, -0.2) is 0 Å². The van der Waals surface area contributed by atoms with Crippen LogP contribution in [0.3, 0.4) is 0 Å². The van der Waals surface area contributed by atoms with Gasteiger partial charge in [0.15, 0.2) is 11.9 Å². The van der Waals surface area contributed by atoms with Gasteiger partial charge in [0, 0.05) is 5.92 Å². The van der Waals surface area contributed by atoms with E-state index in [0.717, 1.165) is 18.4 Å². The van der Waals surface area contributed by atoms with Crippen LogP contribution in [0.15, 0.2) is 34.9 Å². The predicted molar refractivity (Wildman–Crippen MR) is 85.2 cm³/mol. The molecule has 130 valence electrons. The van der Waals surface area contributed by atoms with Crippen molar-refractivity contribution in [3.8, 4) is 0 Å². The highest BCUT2D eigenvalue weighted by molar-refractivity contribution is 5.86. The number of amides is 2. The van der Waals surface area contributed by atoms with Crippen molar-refractivity contribution in [3.63, 3.8) is 0 Å². The van der Waals surface area contributed by atoms with Crippen molar-refractivity contribution < 1.29 is 18.8 Å². The number of carbonyl (C=O) groups excluding carboxylic acids is 2. The van der Waals surface area contributed by atoms with E-state index < -0.39 is 12.1 Å². The van der Waals surface area contributed by atoms with Crippen LogP contribution in [0.5, 0.6) is 0 Å². The monoisotopic (exact) mass is 342 g/mol. The summed E-state index contributed by atoms with van der Waals surface area (Å²) in [6.45, 7) is 0.0137. The van der Waals surface area contributed by atoms with E-state index in [1.165, 1.54) is 0 Å². The Morgan fingerprint density at radius 2 is 2.08 bits per heavy atom. The highest BCUT2D eigenvalue weighted by Gasteiger charge is 2.36. The van der Waals surface area contributed by atoms with Gasteiger partial charge in [-0.15, -0.1) is 0 Å². The molecule has 2 atom stereocenters. The molecule has 0 bridgehead atoms. The summed E-state index contributed by atoms with van der Waals surface area (Å²) in [6.07, 6.45) is 1.33. The third kappa shape index (κ3) is 3.53. The van der Waals surface area contributed by atoms with Gasteiger partial charge in [0.05, 0.1) is 12.6 Å². The summed E-state index contributed by atoms with van der Waals surface area (Å²) in [4.78, 5) is 28.5. The lowest BCUT2D eigenvalue weighted by Gasteiger charge is -2.31. The van der Waals surface area contributed by atoms with Crippen LogP contribution in [0.2, 0.25) is 0 Å². The fourth-order valence-corrected chi connectivity index (χ4v) is 2.80. The second-order valence-electron chi connectivity index (χ2n) is 6.23. The molecule has 1 aliphatic heterocycles. The van der Waals surface area contributed by atoms with Crippen molar-refractivity contribution in [2.75, 3.05) is 6.61 Å². The van der Waals surface area contributed by atoms with Crippen LogP contribution >= 0.6 is 0 Å². The topological polar surface area (TPSA) is 106 Å². The average Bonchev–Trinajstić information content (AvgIpc) is 3.39. The molecule has 2 fully saturated rings. The first kappa shape index (κ1) is 15.8. The van der Waals surface area contributed by atoms with E-state index in [1.807, 2.05) is 30.3 Å². The first-order valence-corrected chi connectivity index (χ1v) is 8.27. The zero-order valence-corrected chi connectivity index (χ0v) is 13.5. The van der Waals surface area contributed by atoms with Crippen molar-refractivity contribution in [3.05, 3.63) is 47.6 Å². The van der Waals surface area contributed by atoms with Crippen LogP contribution < -0.4 is 10.6 Å². The van der Waals surface area contributed by atoms with Crippen LogP contribution in [0, 0.1) is 0 Å². The Kier molecular flexibility index (Phi) is 4.19. The molecule has 2 aromatic rings. The van der Waals surface area contributed by atoms with Crippen molar-refractivity contribution in [1.82, 2.24) is 20.8 Å². The standard InChI is InChI=1S/C17H18N4O4/c22-13-9-24-15(14(20-13)10-4-2-1-3-5-10)16(23)18-8-12-19-17(25-21-12)11-6-7-11/h1-5,11,14-15H,6-9H2,(H,18,23)(H,20,22)/t14-,15+/m1/s1. The number of benzene rings is 1. The van der Waals surface area contributed by atoms with Crippen LogP contribution in [-0.4, -0.2) is 34.7 Å². The van der Waals surface area contributed by atoms with Crippen LogP contribution in [-0.2, 0) is 20.9 Å². The maximum atomic E-state index is 12.5. The number of nitrogens with zero attached hydrogens (tertiary/aromatic N) is 2. The van der Waals surface area contributed by atoms with E-state index in [9.17, 15) is 9.59 Å².